The molecule has 0 aliphatic heterocycles. The maximum atomic E-state index is 9.82. The molecule has 90 valence electrons. The molecule has 17 heavy (non-hydrogen) atoms. The van der Waals surface area contributed by atoms with E-state index in [1.165, 1.54) is 6.07 Å². The van der Waals surface area contributed by atoms with Crippen molar-refractivity contribution in [3.63, 3.8) is 0 Å². The molecule has 0 unspecified atom stereocenters. The minimum Gasteiger partial charge on any atom is -0.504 e. The lowest BCUT2D eigenvalue weighted by Gasteiger charge is -2.11. The highest BCUT2D eigenvalue weighted by Crippen LogP contribution is 2.35. The first-order valence-corrected chi connectivity index (χ1v) is 5.61. The first kappa shape index (κ1) is 11.7. The predicted molar refractivity (Wildman–Crippen MR) is 66.6 cm³/mol. The second-order valence-electron chi connectivity index (χ2n) is 3.99. The van der Waals surface area contributed by atoms with E-state index in [1.54, 1.807) is 16.7 Å². The quantitative estimate of drug-likeness (QED) is 0.566. The Labute approximate surface area is 103 Å². The third-order valence-corrected chi connectivity index (χ3v) is 2.76. The van der Waals surface area contributed by atoms with Crippen LogP contribution in [0, 0.1) is 4.77 Å². The summed E-state index contributed by atoms with van der Waals surface area (Å²) in [5, 5.41) is 26.1. The maximum Gasteiger partial charge on any atom is 0.195 e. The molecular formula is C11H13N3O2S. The van der Waals surface area contributed by atoms with Crippen LogP contribution < -0.4 is 0 Å². The van der Waals surface area contributed by atoms with Crippen molar-refractivity contribution in [1.82, 2.24) is 14.8 Å². The van der Waals surface area contributed by atoms with Crippen LogP contribution in [0.4, 0.5) is 0 Å². The second kappa shape index (κ2) is 4.21. The molecule has 6 heteroatoms. The van der Waals surface area contributed by atoms with Crippen LogP contribution in [-0.4, -0.2) is 25.0 Å². The molecule has 0 saturated carbocycles. The number of rotatable bonds is 2. The molecule has 1 aromatic heterocycles. The van der Waals surface area contributed by atoms with Crippen LogP contribution in [0.1, 0.15) is 19.9 Å². The summed E-state index contributed by atoms with van der Waals surface area (Å²) >= 11 is 5.13. The van der Waals surface area contributed by atoms with Gasteiger partial charge in [0.15, 0.2) is 22.1 Å². The molecule has 1 heterocycles. The number of para-hydroxylation sites is 1. The van der Waals surface area contributed by atoms with Gasteiger partial charge in [-0.2, -0.15) is 5.10 Å². The van der Waals surface area contributed by atoms with E-state index >= 15 is 0 Å². The number of benzene rings is 1. The van der Waals surface area contributed by atoms with Crippen LogP contribution >= 0.6 is 12.2 Å². The van der Waals surface area contributed by atoms with Gasteiger partial charge < -0.3 is 10.2 Å². The molecule has 2 rings (SSSR count). The average Bonchev–Trinajstić information content (AvgIpc) is 2.64. The summed E-state index contributed by atoms with van der Waals surface area (Å²) in [6, 6.07) is 4.85. The van der Waals surface area contributed by atoms with E-state index in [-0.39, 0.29) is 17.5 Å². The Bertz CT molecular complexity index is 601. The molecule has 2 aromatic rings. The summed E-state index contributed by atoms with van der Waals surface area (Å²) in [6.45, 7) is 3.93. The normalized spacial score (nSPS) is 11.0. The molecule has 0 fully saturated rings. The van der Waals surface area contributed by atoms with Gasteiger partial charge in [-0.05, 0) is 38.2 Å². The summed E-state index contributed by atoms with van der Waals surface area (Å²) in [4.78, 5) is 0. The van der Waals surface area contributed by atoms with Gasteiger partial charge in [-0.1, -0.05) is 6.07 Å². The summed E-state index contributed by atoms with van der Waals surface area (Å²) in [6.07, 6.45) is 0. The molecule has 0 radical (unpaired) electrons. The minimum atomic E-state index is -0.191. The van der Waals surface area contributed by atoms with Gasteiger partial charge in [0, 0.05) is 6.04 Å². The number of phenols is 2. The monoisotopic (exact) mass is 251 g/mol. The van der Waals surface area contributed by atoms with Gasteiger partial charge in [0.05, 0.1) is 5.56 Å². The van der Waals surface area contributed by atoms with Crippen LogP contribution in [0.2, 0.25) is 0 Å². The zero-order valence-corrected chi connectivity index (χ0v) is 10.3. The first-order chi connectivity index (χ1) is 8.02. The van der Waals surface area contributed by atoms with E-state index in [4.69, 9.17) is 12.2 Å². The van der Waals surface area contributed by atoms with Gasteiger partial charge in [-0.3, -0.25) is 9.67 Å². The predicted octanol–water partition coefficient (Wildman–Crippen LogP) is 2.60. The van der Waals surface area contributed by atoms with Crippen LogP contribution in [0.25, 0.3) is 11.4 Å². The van der Waals surface area contributed by atoms with Crippen LogP contribution in [0.5, 0.6) is 11.5 Å². The van der Waals surface area contributed by atoms with Crippen LogP contribution in [-0.2, 0) is 0 Å². The van der Waals surface area contributed by atoms with Gasteiger partial charge in [0.2, 0.25) is 0 Å². The summed E-state index contributed by atoms with van der Waals surface area (Å²) in [7, 11) is 0. The van der Waals surface area contributed by atoms with Crippen LogP contribution in [0.3, 0.4) is 0 Å². The second-order valence-corrected chi connectivity index (χ2v) is 4.38. The van der Waals surface area contributed by atoms with Crippen LogP contribution in [0.15, 0.2) is 18.2 Å². The largest absolute Gasteiger partial charge is 0.504 e. The van der Waals surface area contributed by atoms with E-state index in [2.05, 4.69) is 10.2 Å². The Morgan fingerprint density at radius 1 is 1.35 bits per heavy atom. The Morgan fingerprint density at radius 3 is 2.71 bits per heavy atom. The number of H-pyrrole nitrogens is 1. The van der Waals surface area contributed by atoms with Crippen molar-refractivity contribution in [2.45, 2.75) is 19.9 Å². The Morgan fingerprint density at radius 2 is 2.06 bits per heavy atom. The number of aromatic amines is 1. The summed E-state index contributed by atoms with van der Waals surface area (Å²) < 4.78 is 2.27. The van der Waals surface area contributed by atoms with Crippen molar-refractivity contribution in [1.29, 1.82) is 0 Å². The highest BCUT2D eigenvalue weighted by Gasteiger charge is 2.16. The van der Waals surface area contributed by atoms with Gasteiger partial charge in [0.25, 0.3) is 0 Å². The van der Waals surface area contributed by atoms with Crippen molar-refractivity contribution in [3.05, 3.63) is 23.0 Å². The minimum absolute atomic E-state index is 0.109. The molecule has 3 N–H and O–H groups in total. The van der Waals surface area contributed by atoms with E-state index in [0.717, 1.165) is 0 Å². The molecule has 5 nitrogen and oxygen atoms in total. The fourth-order valence-corrected chi connectivity index (χ4v) is 2.03. The lowest BCUT2D eigenvalue weighted by atomic mass is 10.1. The molecule has 0 amide bonds. The summed E-state index contributed by atoms with van der Waals surface area (Å²) in [5.74, 6) is 0.147. The number of hydrogen-bond acceptors (Lipinski definition) is 4. The maximum absolute atomic E-state index is 9.82. The number of nitrogens with zero attached hydrogens (tertiary/aromatic N) is 2. The third kappa shape index (κ3) is 1.91. The molecule has 0 aliphatic carbocycles. The zero-order valence-electron chi connectivity index (χ0n) is 9.51. The molecule has 0 atom stereocenters. The molecule has 0 bridgehead atoms. The molecule has 1 aromatic carbocycles. The highest BCUT2D eigenvalue weighted by molar-refractivity contribution is 7.71. The Balaban J connectivity index is 2.69. The number of nitrogens with one attached hydrogen (secondary N) is 1. The van der Waals surface area contributed by atoms with E-state index in [0.29, 0.717) is 16.2 Å². The van der Waals surface area contributed by atoms with Crippen molar-refractivity contribution < 1.29 is 10.2 Å². The third-order valence-electron chi connectivity index (χ3n) is 2.48. The fraction of sp³-hybridized carbons (Fsp3) is 0.273. The number of aromatic nitrogens is 3. The van der Waals surface area contributed by atoms with Crippen molar-refractivity contribution in [2.24, 2.45) is 0 Å². The lowest BCUT2D eigenvalue weighted by molar-refractivity contribution is 0.404. The first-order valence-electron chi connectivity index (χ1n) is 5.20. The fourth-order valence-electron chi connectivity index (χ4n) is 1.69. The van der Waals surface area contributed by atoms with E-state index in [9.17, 15) is 10.2 Å². The topological polar surface area (TPSA) is 74.1 Å². The lowest BCUT2D eigenvalue weighted by Crippen LogP contribution is -2.03. The Hall–Kier alpha value is -1.82. The van der Waals surface area contributed by atoms with Gasteiger partial charge in [-0.15, -0.1) is 0 Å². The number of hydrogen-bond donors (Lipinski definition) is 3. The van der Waals surface area contributed by atoms with Crippen molar-refractivity contribution in [2.75, 3.05) is 0 Å². The highest BCUT2D eigenvalue weighted by atomic mass is 32.1. The molecule has 0 spiro atoms. The molecule has 0 saturated heterocycles. The standard InChI is InChI=1S/C11H13N3O2S/c1-6(2)14-10(12-13-11(14)17)7-4-3-5-8(15)9(7)16/h3-6,15-16H,1-2H3,(H,13,17). The average molecular weight is 251 g/mol. The van der Waals surface area contributed by atoms with Crippen molar-refractivity contribution >= 4 is 12.2 Å². The van der Waals surface area contributed by atoms with Gasteiger partial charge >= 0.3 is 0 Å². The number of aromatic hydroxyl groups is 2. The van der Waals surface area contributed by atoms with E-state index in [1.807, 2.05) is 13.8 Å². The molecular weight excluding hydrogens is 238 g/mol. The van der Waals surface area contributed by atoms with Crippen molar-refractivity contribution in [3.8, 4) is 22.9 Å². The molecule has 0 aliphatic rings. The Kier molecular flexibility index (Phi) is 2.89. The zero-order chi connectivity index (χ0) is 12.6. The van der Waals surface area contributed by atoms with Gasteiger partial charge in [0.1, 0.15) is 0 Å². The van der Waals surface area contributed by atoms with Gasteiger partial charge in [-0.25, -0.2) is 0 Å². The van der Waals surface area contributed by atoms with E-state index < -0.39 is 0 Å². The summed E-state index contributed by atoms with van der Waals surface area (Å²) in [5.41, 5.74) is 0.450. The SMILES string of the molecule is CC(C)n1c(-c2cccc(O)c2O)n[nH]c1=S. The smallest absolute Gasteiger partial charge is 0.195 e. The number of phenolic OH excluding ortho intramolecular Hbond substituents is 2.